The molecule has 102 valence electrons. The summed E-state index contributed by atoms with van der Waals surface area (Å²) in [6, 6.07) is 8.47. The lowest BCUT2D eigenvalue weighted by molar-refractivity contribution is 0.494. The maximum Gasteiger partial charge on any atom is 0.0537 e. The van der Waals surface area contributed by atoms with Crippen molar-refractivity contribution in [1.29, 1.82) is 0 Å². The zero-order valence-corrected chi connectivity index (χ0v) is 12.4. The van der Waals surface area contributed by atoms with Gasteiger partial charge in [-0.1, -0.05) is 23.7 Å². The molecule has 0 bridgehead atoms. The molecule has 0 spiro atoms. The highest BCUT2D eigenvalue weighted by atomic mass is 35.5. The molecule has 0 saturated heterocycles. The molecule has 0 fully saturated rings. The number of halogens is 1. The van der Waals surface area contributed by atoms with Crippen molar-refractivity contribution in [2.45, 2.75) is 39.4 Å². The van der Waals surface area contributed by atoms with E-state index in [9.17, 15) is 0 Å². The van der Waals surface area contributed by atoms with E-state index in [1.165, 1.54) is 11.1 Å². The van der Waals surface area contributed by atoms with Crippen LogP contribution in [0, 0.1) is 0 Å². The van der Waals surface area contributed by atoms with Crippen molar-refractivity contribution < 1.29 is 0 Å². The molecule has 0 aliphatic carbocycles. The largest absolute Gasteiger partial charge is 0.304 e. The predicted molar refractivity (Wildman–Crippen MR) is 79.3 cm³/mol. The standard InChI is InChI=1S/C15H20ClN3/c1-4-19-10-14(9-17-19)12(3)18-11(2)13-6-5-7-15(16)8-13/h5-12,18H,4H2,1-3H3. The topological polar surface area (TPSA) is 29.9 Å². The van der Waals surface area contributed by atoms with Crippen molar-refractivity contribution in [2.75, 3.05) is 0 Å². The van der Waals surface area contributed by atoms with Gasteiger partial charge < -0.3 is 5.32 Å². The third-order valence-corrected chi connectivity index (χ3v) is 3.56. The van der Waals surface area contributed by atoms with Crippen LogP contribution in [0.4, 0.5) is 0 Å². The van der Waals surface area contributed by atoms with E-state index < -0.39 is 0 Å². The molecule has 3 nitrogen and oxygen atoms in total. The van der Waals surface area contributed by atoms with E-state index in [-0.39, 0.29) is 12.1 Å². The van der Waals surface area contributed by atoms with Crippen LogP contribution in [0.1, 0.15) is 44.0 Å². The highest BCUT2D eigenvalue weighted by molar-refractivity contribution is 6.30. The number of nitrogens with one attached hydrogen (secondary N) is 1. The quantitative estimate of drug-likeness (QED) is 0.896. The SMILES string of the molecule is CCn1cc(C(C)NC(C)c2cccc(Cl)c2)cn1. The van der Waals surface area contributed by atoms with Gasteiger partial charge in [0.25, 0.3) is 0 Å². The summed E-state index contributed by atoms with van der Waals surface area (Å²) in [6.45, 7) is 7.28. The lowest BCUT2D eigenvalue weighted by atomic mass is 10.1. The molecule has 0 amide bonds. The van der Waals surface area contributed by atoms with Crippen molar-refractivity contribution >= 4 is 11.6 Å². The maximum absolute atomic E-state index is 6.02. The summed E-state index contributed by atoms with van der Waals surface area (Å²) in [4.78, 5) is 0. The Morgan fingerprint density at radius 1 is 1.26 bits per heavy atom. The predicted octanol–water partition coefficient (Wildman–Crippen LogP) is 3.97. The number of hydrogen-bond donors (Lipinski definition) is 1. The minimum Gasteiger partial charge on any atom is -0.304 e. The lowest BCUT2D eigenvalue weighted by Gasteiger charge is -2.19. The van der Waals surface area contributed by atoms with Gasteiger partial charge in [-0.15, -0.1) is 0 Å². The van der Waals surface area contributed by atoms with E-state index in [0.29, 0.717) is 0 Å². The van der Waals surface area contributed by atoms with E-state index in [0.717, 1.165) is 11.6 Å². The molecule has 0 aliphatic heterocycles. The molecular formula is C15H20ClN3. The molecule has 4 heteroatoms. The molecule has 1 N–H and O–H groups in total. The average molecular weight is 278 g/mol. The van der Waals surface area contributed by atoms with Gasteiger partial charge in [0.05, 0.1) is 6.20 Å². The molecule has 1 aromatic carbocycles. The number of aryl methyl sites for hydroxylation is 1. The van der Waals surface area contributed by atoms with Crippen LogP contribution in [0.5, 0.6) is 0 Å². The first-order valence-corrected chi connectivity index (χ1v) is 7.01. The number of benzene rings is 1. The maximum atomic E-state index is 6.02. The molecule has 2 unspecified atom stereocenters. The smallest absolute Gasteiger partial charge is 0.0537 e. The summed E-state index contributed by atoms with van der Waals surface area (Å²) in [7, 11) is 0. The van der Waals surface area contributed by atoms with E-state index in [4.69, 9.17) is 11.6 Å². The molecule has 2 atom stereocenters. The van der Waals surface area contributed by atoms with Gasteiger partial charge in [-0.25, -0.2) is 0 Å². The Hall–Kier alpha value is -1.32. The number of hydrogen-bond acceptors (Lipinski definition) is 2. The summed E-state index contributed by atoms with van der Waals surface area (Å²) >= 11 is 6.02. The fourth-order valence-electron chi connectivity index (χ4n) is 2.12. The minimum absolute atomic E-state index is 0.249. The summed E-state index contributed by atoms with van der Waals surface area (Å²) in [5.74, 6) is 0. The van der Waals surface area contributed by atoms with Crippen LogP contribution in [0.3, 0.4) is 0 Å². The third kappa shape index (κ3) is 3.58. The lowest BCUT2D eigenvalue weighted by Crippen LogP contribution is -2.22. The Kier molecular flexibility index (Phi) is 4.61. The number of aromatic nitrogens is 2. The fourth-order valence-corrected chi connectivity index (χ4v) is 2.32. The minimum atomic E-state index is 0.249. The first-order valence-electron chi connectivity index (χ1n) is 6.64. The van der Waals surface area contributed by atoms with Crippen molar-refractivity contribution in [3.05, 3.63) is 52.8 Å². The van der Waals surface area contributed by atoms with Crippen LogP contribution < -0.4 is 5.32 Å². The fraction of sp³-hybridized carbons (Fsp3) is 0.400. The van der Waals surface area contributed by atoms with E-state index in [1.807, 2.05) is 29.1 Å². The molecule has 19 heavy (non-hydrogen) atoms. The Labute approximate surface area is 119 Å². The molecule has 0 saturated carbocycles. The van der Waals surface area contributed by atoms with Crippen LogP contribution >= 0.6 is 11.6 Å². The first-order chi connectivity index (χ1) is 9.10. The highest BCUT2D eigenvalue weighted by Gasteiger charge is 2.12. The van der Waals surface area contributed by atoms with Gasteiger partial charge in [-0.05, 0) is 38.5 Å². The second-order valence-corrected chi connectivity index (χ2v) is 5.23. The van der Waals surface area contributed by atoms with Crippen LogP contribution in [0.2, 0.25) is 5.02 Å². The van der Waals surface area contributed by atoms with Crippen molar-refractivity contribution in [3.63, 3.8) is 0 Å². The Morgan fingerprint density at radius 3 is 2.63 bits per heavy atom. The van der Waals surface area contributed by atoms with Gasteiger partial charge in [-0.2, -0.15) is 5.10 Å². The summed E-state index contributed by atoms with van der Waals surface area (Å²) < 4.78 is 1.94. The Balaban J connectivity index is 2.03. The Bertz CT molecular complexity index is 536. The Morgan fingerprint density at radius 2 is 2.00 bits per heavy atom. The third-order valence-electron chi connectivity index (χ3n) is 3.33. The zero-order valence-electron chi connectivity index (χ0n) is 11.6. The molecule has 0 radical (unpaired) electrons. The van der Waals surface area contributed by atoms with Crippen LogP contribution in [-0.2, 0) is 6.54 Å². The van der Waals surface area contributed by atoms with Crippen molar-refractivity contribution in [1.82, 2.24) is 15.1 Å². The monoisotopic (exact) mass is 277 g/mol. The van der Waals surface area contributed by atoms with Crippen LogP contribution in [0.25, 0.3) is 0 Å². The highest BCUT2D eigenvalue weighted by Crippen LogP contribution is 2.21. The second-order valence-electron chi connectivity index (χ2n) is 4.79. The van der Waals surface area contributed by atoms with Gasteiger partial charge in [0.15, 0.2) is 0 Å². The summed E-state index contributed by atoms with van der Waals surface area (Å²) in [5, 5.41) is 8.65. The van der Waals surface area contributed by atoms with Gasteiger partial charge in [0, 0.05) is 35.4 Å². The van der Waals surface area contributed by atoms with Gasteiger partial charge in [0.1, 0.15) is 0 Å². The van der Waals surface area contributed by atoms with Gasteiger partial charge in [-0.3, -0.25) is 4.68 Å². The van der Waals surface area contributed by atoms with Crippen molar-refractivity contribution in [2.24, 2.45) is 0 Å². The van der Waals surface area contributed by atoms with Crippen molar-refractivity contribution in [3.8, 4) is 0 Å². The molecule has 2 rings (SSSR count). The van der Waals surface area contributed by atoms with Gasteiger partial charge in [0.2, 0.25) is 0 Å². The molecule has 1 heterocycles. The molecule has 0 aliphatic rings. The normalized spacial score (nSPS) is 14.3. The van der Waals surface area contributed by atoms with Gasteiger partial charge >= 0.3 is 0 Å². The van der Waals surface area contributed by atoms with Crippen LogP contribution in [0.15, 0.2) is 36.7 Å². The second kappa shape index (κ2) is 6.22. The van der Waals surface area contributed by atoms with Crippen LogP contribution in [-0.4, -0.2) is 9.78 Å². The zero-order chi connectivity index (χ0) is 13.8. The first kappa shape index (κ1) is 14.1. The average Bonchev–Trinajstić information content (AvgIpc) is 2.87. The summed E-state index contributed by atoms with van der Waals surface area (Å²) in [5.41, 5.74) is 2.40. The van der Waals surface area contributed by atoms with E-state index in [2.05, 4.69) is 43.4 Å². The molecule has 2 aromatic rings. The number of rotatable bonds is 5. The number of nitrogens with zero attached hydrogens (tertiary/aromatic N) is 2. The summed E-state index contributed by atoms with van der Waals surface area (Å²) in [6.07, 6.45) is 4.01. The molecular weight excluding hydrogens is 258 g/mol. The van der Waals surface area contributed by atoms with E-state index >= 15 is 0 Å². The van der Waals surface area contributed by atoms with E-state index in [1.54, 1.807) is 0 Å². The molecule has 1 aromatic heterocycles.